The first kappa shape index (κ1) is 18.0. The summed E-state index contributed by atoms with van der Waals surface area (Å²) in [4.78, 5) is 12.5. The molecule has 5 nitrogen and oxygen atoms in total. The number of amides is 1. The molecule has 1 aliphatic carbocycles. The van der Waals surface area contributed by atoms with Crippen molar-refractivity contribution in [2.75, 3.05) is 13.2 Å². The fourth-order valence-corrected chi connectivity index (χ4v) is 3.63. The van der Waals surface area contributed by atoms with E-state index in [4.69, 9.17) is 10.5 Å². The highest BCUT2D eigenvalue weighted by Gasteiger charge is 2.32. The van der Waals surface area contributed by atoms with E-state index < -0.39 is 0 Å². The van der Waals surface area contributed by atoms with Crippen molar-refractivity contribution < 1.29 is 9.53 Å². The minimum atomic E-state index is 0.0119. The number of benzene rings is 1. The van der Waals surface area contributed by atoms with Crippen LogP contribution in [-0.2, 0) is 16.1 Å². The third kappa shape index (κ3) is 4.41. The number of nitrogens with zero attached hydrogens (tertiary/aromatic N) is 1. The van der Waals surface area contributed by atoms with Gasteiger partial charge < -0.3 is 20.4 Å². The predicted octanol–water partition coefficient (Wildman–Crippen LogP) is 2.68. The monoisotopic (exact) mass is 343 g/mol. The zero-order valence-corrected chi connectivity index (χ0v) is 15.0. The molecule has 3 atom stereocenters. The second kappa shape index (κ2) is 8.50. The molecule has 1 fully saturated rings. The van der Waals surface area contributed by atoms with Gasteiger partial charge >= 0.3 is 0 Å². The second-order valence-electron chi connectivity index (χ2n) is 6.94. The van der Waals surface area contributed by atoms with E-state index in [9.17, 15) is 4.79 Å². The molecule has 1 amide bonds. The topological polar surface area (TPSA) is 69.3 Å². The zero-order valence-electron chi connectivity index (χ0n) is 15.0. The minimum absolute atomic E-state index is 0.0119. The van der Waals surface area contributed by atoms with Crippen molar-refractivity contribution in [1.82, 2.24) is 9.88 Å². The van der Waals surface area contributed by atoms with Crippen LogP contribution in [0.4, 0.5) is 0 Å². The van der Waals surface area contributed by atoms with Gasteiger partial charge in [0.2, 0.25) is 5.91 Å². The number of nitrogens with two attached hydrogens (primary N) is 1. The van der Waals surface area contributed by atoms with Crippen molar-refractivity contribution in [2.45, 2.75) is 51.3 Å². The number of para-hydroxylation sites is 1. The first-order chi connectivity index (χ1) is 12.2. The van der Waals surface area contributed by atoms with Gasteiger partial charge in [0.25, 0.3) is 0 Å². The fraction of sp³-hybridized carbons (Fsp3) is 0.550. The Labute approximate surface area is 149 Å². The second-order valence-corrected chi connectivity index (χ2v) is 6.94. The van der Waals surface area contributed by atoms with Crippen LogP contribution in [0.5, 0.6) is 0 Å². The number of hydrogen-bond acceptors (Lipinski definition) is 3. The molecule has 3 N–H and O–H groups in total. The average Bonchev–Trinajstić information content (AvgIpc) is 3.04. The van der Waals surface area contributed by atoms with Crippen molar-refractivity contribution in [3.63, 3.8) is 0 Å². The van der Waals surface area contributed by atoms with Gasteiger partial charge in [0, 0.05) is 43.4 Å². The summed E-state index contributed by atoms with van der Waals surface area (Å²) in [5.41, 5.74) is 7.34. The highest BCUT2D eigenvalue weighted by molar-refractivity contribution is 5.80. The number of carbonyl (C=O) groups is 1. The predicted molar refractivity (Wildman–Crippen MR) is 100 cm³/mol. The van der Waals surface area contributed by atoms with E-state index in [1.165, 1.54) is 10.9 Å². The molecule has 3 rings (SSSR count). The van der Waals surface area contributed by atoms with Crippen LogP contribution in [-0.4, -0.2) is 35.8 Å². The van der Waals surface area contributed by atoms with Crippen molar-refractivity contribution >= 4 is 16.8 Å². The van der Waals surface area contributed by atoms with E-state index in [2.05, 4.69) is 41.2 Å². The third-order valence-electron chi connectivity index (χ3n) is 5.08. The molecule has 136 valence electrons. The van der Waals surface area contributed by atoms with E-state index in [0.29, 0.717) is 13.2 Å². The summed E-state index contributed by atoms with van der Waals surface area (Å²) in [5.74, 6) is 0.150. The molecule has 0 aliphatic heterocycles. The maximum atomic E-state index is 12.5. The van der Waals surface area contributed by atoms with Crippen molar-refractivity contribution in [2.24, 2.45) is 11.7 Å². The molecule has 1 heterocycles. The van der Waals surface area contributed by atoms with Crippen LogP contribution in [0.15, 0.2) is 36.5 Å². The molecular weight excluding hydrogens is 314 g/mol. The molecule has 1 aromatic carbocycles. The van der Waals surface area contributed by atoms with Gasteiger partial charge in [-0.15, -0.1) is 0 Å². The highest BCUT2D eigenvalue weighted by Crippen LogP contribution is 2.26. The SMILES string of the molecule is CCCO[C@H]1C[C@@H](C(=O)NCCn2ccc3ccccc32)CC[C@@H]1N. The molecule has 5 heteroatoms. The number of hydrogen-bond donors (Lipinski definition) is 2. The van der Waals surface area contributed by atoms with Gasteiger partial charge in [-0.2, -0.15) is 0 Å². The molecular formula is C20H29N3O2. The number of carbonyl (C=O) groups excluding carboxylic acids is 1. The van der Waals surface area contributed by atoms with E-state index >= 15 is 0 Å². The van der Waals surface area contributed by atoms with Crippen LogP contribution in [0.25, 0.3) is 10.9 Å². The Balaban J connectivity index is 1.49. The standard InChI is InChI=1S/C20H29N3O2/c1-2-13-25-19-14-16(7-8-17(19)21)20(24)22-10-12-23-11-9-15-5-3-4-6-18(15)23/h3-6,9,11,16-17,19H,2,7-8,10,12-14,21H2,1H3,(H,22,24)/t16-,17-,19-/m0/s1. The van der Waals surface area contributed by atoms with Crippen LogP contribution in [0, 0.1) is 5.92 Å². The average molecular weight is 343 g/mol. The van der Waals surface area contributed by atoms with E-state index in [-0.39, 0.29) is 24.0 Å². The van der Waals surface area contributed by atoms with E-state index in [1.54, 1.807) is 0 Å². The summed E-state index contributed by atoms with van der Waals surface area (Å²) in [6.45, 7) is 4.22. The van der Waals surface area contributed by atoms with Crippen LogP contribution in [0.3, 0.4) is 0 Å². The first-order valence-corrected chi connectivity index (χ1v) is 9.37. The fourth-order valence-electron chi connectivity index (χ4n) is 3.63. The summed E-state index contributed by atoms with van der Waals surface area (Å²) in [6.07, 6.45) is 5.51. The highest BCUT2D eigenvalue weighted by atomic mass is 16.5. The van der Waals surface area contributed by atoms with Crippen LogP contribution in [0.1, 0.15) is 32.6 Å². The van der Waals surface area contributed by atoms with Crippen molar-refractivity contribution in [1.29, 1.82) is 0 Å². The van der Waals surface area contributed by atoms with Crippen molar-refractivity contribution in [3.8, 4) is 0 Å². The zero-order chi connectivity index (χ0) is 17.6. The molecule has 0 bridgehead atoms. The minimum Gasteiger partial charge on any atom is -0.377 e. The van der Waals surface area contributed by atoms with Gasteiger partial charge in [-0.3, -0.25) is 4.79 Å². The summed E-state index contributed by atoms with van der Waals surface area (Å²) in [5, 5.41) is 4.32. The molecule has 1 aliphatic rings. The molecule has 0 radical (unpaired) electrons. The van der Waals surface area contributed by atoms with Crippen LogP contribution >= 0.6 is 0 Å². The molecule has 2 aromatic rings. The molecule has 0 spiro atoms. The Morgan fingerprint density at radius 1 is 1.32 bits per heavy atom. The summed E-state index contributed by atoms with van der Waals surface area (Å²) >= 11 is 0. The number of aromatic nitrogens is 1. The van der Waals surface area contributed by atoms with Crippen LogP contribution in [0.2, 0.25) is 0 Å². The lowest BCUT2D eigenvalue weighted by Crippen LogP contribution is -2.46. The summed E-state index contributed by atoms with van der Waals surface area (Å²) in [6, 6.07) is 10.5. The molecule has 25 heavy (non-hydrogen) atoms. The van der Waals surface area contributed by atoms with E-state index in [0.717, 1.165) is 32.2 Å². The maximum absolute atomic E-state index is 12.5. The Hall–Kier alpha value is -1.85. The van der Waals surface area contributed by atoms with Gasteiger partial charge in [0.05, 0.1) is 6.10 Å². The Bertz CT molecular complexity index is 697. The quantitative estimate of drug-likeness (QED) is 0.812. The lowest BCUT2D eigenvalue weighted by atomic mass is 9.83. The summed E-state index contributed by atoms with van der Waals surface area (Å²) in [7, 11) is 0. The number of rotatable bonds is 7. The van der Waals surface area contributed by atoms with Crippen LogP contribution < -0.4 is 11.1 Å². The third-order valence-corrected chi connectivity index (χ3v) is 5.08. The number of nitrogens with one attached hydrogen (secondary N) is 1. The molecule has 1 aromatic heterocycles. The van der Waals surface area contributed by atoms with Gasteiger partial charge in [-0.25, -0.2) is 0 Å². The summed E-state index contributed by atoms with van der Waals surface area (Å²) < 4.78 is 8.01. The first-order valence-electron chi connectivity index (χ1n) is 9.37. The smallest absolute Gasteiger partial charge is 0.223 e. The van der Waals surface area contributed by atoms with E-state index in [1.807, 2.05) is 12.1 Å². The molecule has 1 saturated carbocycles. The van der Waals surface area contributed by atoms with Gasteiger partial charge in [0.1, 0.15) is 0 Å². The van der Waals surface area contributed by atoms with Crippen molar-refractivity contribution in [3.05, 3.63) is 36.5 Å². The lowest BCUT2D eigenvalue weighted by molar-refractivity contribution is -0.128. The normalized spacial score (nSPS) is 23.7. The lowest BCUT2D eigenvalue weighted by Gasteiger charge is -2.33. The number of ether oxygens (including phenoxy) is 1. The van der Waals surface area contributed by atoms with Gasteiger partial charge in [0.15, 0.2) is 0 Å². The Morgan fingerprint density at radius 2 is 2.16 bits per heavy atom. The Kier molecular flexibility index (Phi) is 6.10. The molecule has 0 saturated heterocycles. The van der Waals surface area contributed by atoms with Gasteiger partial charge in [-0.05, 0) is 43.2 Å². The van der Waals surface area contributed by atoms with Gasteiger partial charge in [-0.1, -0.05) is 25.1 Å². The largest absolute Gasteiger partial charge is 0.377 e. The Morgan fingerprint density at radius 3 is 3.00 bits per heavy atom. The maximum Gasteiger partial charge on any atom is 0.223 e. The number of fused-ring (bicyclic) bond motifs is 1. The molecule has 0 unspecified atom stereocenters.